The summed E-state index contributed by atoms with van der Waals surface area (Å²) in [4.78, 5) is 0. The van der Waals surface area contributed by atoms with Crippen LogP contribution in [-0.2, 0) is 5.41 Å². The smallest absolute Gasteiger partial charge is 0.171 e. The van der Waals surface area contributed by atoms with Crippen molar-refractivity contribution in [2.75, 3.05) is 5.32 Å². The summed E-state index contributed by atoms with van der Waals surface area (Å²) in [7, 11) is 0. The molecule has 23 heavy (non-hydrogen) atoms. The van der Waals surface area contributed by atoms with Crippen LogP contribution in [-0.4, -0.2) is 5.11 Å². The minimum absolute atomic E-state index is 0.0875. The van der Waals surface area contributed by atoms with E-state index in [-0.39, 0.29) is 17.3 Å². The van der Waals surface area contributed by atoms with Crippen molar-refractivity contribution in [1.82, 2.24) is 5.32 Å². The maximum atomic E-state index is 12.9. The molecule has 0 aliphatic carbocycles. The molecule has 0 heterocycles. The normalized spacial score (nSPS) is 12.6. The average Bonchev–Trinajstić information content (AvgIpc) is 2.49. The molecule has 2 aromatic carbocycles. The zero-order valence-corrected chi connectivity index (χ0v) is 14.8. The van der Waals surface area contributed by atoms with Crippen molar-refractivity contribution < 1.29 is 4.39 Å². The largest absolute Gasteiger partial charge is 0.356 e. The lowest BCUT2D eigenvalue weighted by Crippen LogP contribution is -2.30. The summed E-state index contributed by atoms with van der Waals surface area (Å²) in [6.07, 6.45) is 0. The van der Waals surface area contributed by atoms with Gasteiger partial charge in [0.25, 0.3) is 0 Å². The van der Waals surface area contributed by atoms with Gasteiger partial charge < -0.3 is 10.6 Å². The van der Waals surface area contributed by atoms with Crippen LogP contribution >= 0.6 is 12.2 Å². The molecule has 0 amide bonds. The molecule has 0 radical (unpaired) electrons. The lowest BCUT2D eigenvalue weighted by atomic mass is 9.86. The summed E-state index contributed by atoms with van der Waals surface area (Å²) in [5.74, 6) is -0.262. The maximum absolute atomic E-state index is 12.9. The highest BCUT2D eigenvalue weighted by atomic mass is 32.1. The summed E-state index contributed by atoms with van der Waals surface area (Å²) >= 11 is 5.31. The van der Waals surface area contributed by atoms with Crippen LogP contribution in [0.2, 0.25) is 0 Å². The molecule has 0 aromatic heterocycles. The Hall–Kier alpha value is -1.94. The van der Waals surface area contributed by atoms with Crippen LogP contribution in [0.3, 0.4) is 0 Å². The molecule has 122 valence electrons. The summed E-state index contributed by atoms with van der Waals surface area (Å²) in [5, 5.41) is 6.82. The van der Waals surface area contributed by atoms with Gasteiger partial charge in [0.1, 0.15) is 5.82 Å². The zero-order valence-electron chi connectivity index (χ0n) is 14.0. The Morgan fingerprint density at radius 3 is 2.09 bits per heavy atom. The molecule has 2 N–H and O–H groups in total. The maximum Gasteiger partial charge on any atom is 0.171 e. The van der Waals surface area contributed by atoms with E-state index in [4.69, 9.17) is 12.2 Å². The molecule has 0 fully saturated rings. The van der Waals surface area contributed by atoms with Gasteiger partial charge >= 0.3 is 0 Å². The molecule has 0 bridgehead atoms. The molecule has 4 heteroatoms. The second-order valence-electron chi connectivity index (χ2n) is 6.70. The molecule has 0 unspecified atom stereocenters. The quantitative estimate of drug-likeness (QED) is 0.759. The number of benzene rings is 2. The molecule has 2 rings (SSSR count). The standard InChI is InChI=1S/C19H23FN2S/c1-13(14-5-7-15(8-6-14)19(2,3)4)21-18(23)22-17-11-9-16(20)10-12-17/h5-13H,1-4H3,(H2,21,22,23)/t13-/m0/s1. The van der Waals surface area contributed by atoms with Gasteiger partial charge in [0.15, 0.2) is 5.11 Å². The van der Waals surface area contributed by atoms with E-state index in [1.54, 1.807) is 12.1 Å². The van der Waals surface area contributed by atoms with Gasteiger partial charge in [0, 0.05) is 5.69 Å². The van der Waals surface area contributed by atoms with Gasteiger partial charge in [-0.25, -0.2) is 4.39 Å². The fourth-order valence-corrected chi connectivity index (χ4v) is 2.55. The van der Waals surface area contributed by atoms with E-state index < -0.39 is 0 Å². The highest BCUT2D eigenvalue weighted by molar-refractivity contribution is 7.80. The van der Waals surface area contributed by atoms with Gasteiger partial charge in [-0.3, -0.25) is 0 Å². The fourth-order valence-electron chi connectivity index (χ4n) is 2.25. The number of rotatable bonds is 3. The Bertz CT molecular complexity index is 657. The summed E-state index contributed by atoms with van der Waals surface area (Å²) < 4.78 is 12.9. The van der Waals surface area contributed by atoms with Gasteiger partial charge in [-0.2, -0.15) is 0 Å². The Kier molecular flexibility index (Phi) is 5.37. The molecule has 1 atom stereocenters. The SMILES string of the molecule is C[C@H](NC(=S)Nc1ccc(F)cc1)c1ccc(C(C)(C)C)cc1. The predicted octanol–water partition coefficient (Wildman–Crippen LogP) is 5.17. The zero-order chi connectivity index (χ0) is 17.0. The Morgan fingerprint density at radius 1 is 1.00 bits per heavy atom. The van der Waals surface area contributed by atoms with E-state index in [0.717, 1.165) is 5.69 Å². The van der Waals surface area contributed by atoms with E-state index >= 15 is 0 Å². The lowest BCUT2D eigenvalue weighted by Gasteiger charge is -2.21. The molecule has 0 spiro atoms. The third-order valence-electron chi connectivity index (χ3n) is 3.73. The predicted molar refractivity (Wildman–Crippen MR) is 99.3 cm³/mol. The van der Waals surface area contributed by atoms with Crippen molar-refractivity contribution in [3.05, 3.63) is 65.5 Å². The summed E-state index contributed by atoms with van der Waals surface area (Å²) in [6.45, 7) is 8.66. The third kappa shape index (κ3) is 5.03. The number of anilines is 1. The van der Waals surface area contributed by atoms with Crippen molar-refractivity contribution >= 4 is 23.0 Å². The third-order valence-corrected chi connectivity index (χ3v) is 3.95. The van der Waals surface area contributed by atoms with Crippen LogP contribution in [0.15, 0.2) is 48.5 Å². The van der Waals surface area contributed by atoms with Crippen molar-refractivity contribution in [2.24, 2.45) is 0 Å². The lowest BCUT2D eigenvalue weighted by molar-refractivity contribution is 0.589. The van der Waals surface area contributed by atoms with E-state index in [0.29, 0.717) is 5.11 Å². The number of halogens is 1. The highest BCUT2D eigenvalue weighted by Crippen LogP contribution is 2.24. The highest BCUT2D eigenvalue weighted by Gasteiger charge is 2.14. The monoisotopic (exact) mass is 330 g/mol. The Morgan fingerprint density at radius 2 is 1.57 bits per heavy atom. The first-order valence-corrected chi connectivity index (χ1v) is 8.10. The molecule has 2 aromatic rings. The molecule has 0 aliphatic rings. The minimum atomic E-state index is -0.262. The minimum Gasteiger partial charge on any atom is -0.356 e. The second kappa shape index (κ2) is 7.09. The van der Waals surface area contributed by atoms with Crippen LogP contribution in [0, 0.1) is 5.82 Å². The number of nitrogens with one attached hydrogen (secondary N) is 2. The summed E-state index contributed by atoms with van der Waals surface area (Å²) in [5.41, 5.74) is 3.38. The Balaban J connectivity index is 1.96. The van der Waals surface area contributed by atoms with Crippen molar-refractivity contribution in [2.45, 2.75) is 39.2 Å². The van der Waals surface area contributed by atoms with Crippen LogP contribution in [0.1, 0.15) is 44.9 Å². The molecule has 2 nitrogen and oxygen atoms in total. The second-order valence-corrected chi connectivity index (χ2v) is 7.11. The molecule has 0 saturated carbocycles. The number of hydrogen-bond acceptors (Lipinski definition) is 1. The van der Waals surface area contributed by atoms with Gasteiger partial charge in [0.2, 0.25) is 0 Å². The van der Waals surface area contributed by atoms with Crippen molar-refractivity contribution in [3.63, 3.8) is 0 Å². The summed E-state index contributed by atoms with van der Waals surface area (Å²) in [6, 6.07) is 14.8. The first-order chi connectivity index (χ1) is 10.8. The van der Waals surface area contributed by atoms with Crippen LogP contribution in [0.25, 0.3) is 0 Å². The topological polar surface area (TPSA) is 24.1 Å². The van der Waals surface area contributed by atoms with E-state index in [1.165, 1.54) is 23.3 Å². The van der Waals surface area contributed by atoms with Crippen LogP contribution < -0.4 is 10.6 Å². The fraction of sp³-hybridized carbons (Fsp3) is 0.316. The van der Waals surface area contributed by atoms with E-state index in [9.17, 15) is 4.39 Å². The average molecular weight is 330 g/mol. The van der Waals surface area contributed by atoms with E-state index in [2.05, 4.69) is 62.6 Å². The van der Waals surface area contributed by atoms with Crippen molar-refractivity contribution in [1.29, 1.82) is 0 Å². The molecular formula is C19H23FN2S. The van der Waals surface area contributed by atoms with Crippen molar-refractivity contribution in [3.8, 4) is 0 Å². The van der Waals surface area contributed by atoms with E-state index in [1.807, 2.05) is 0 Å². The van der Waals surface area contributed by atoms with Gasteiger partial charge in [-0.1, -0.05) is 45.0 Å². The van der Waals surface area contributed by atoms with Crippen LogP contribution in [0.5, 0.6) is 0 Å². The van der Waals surface area contributed by atoms with Gasteiger partial charge in [-0.05, 0) is 59.9 Å². The number of thiocarbonyl (C=S) groups is 1. The van der Waals surface area contributed by atoms with Crippen LogP contribution in [0.4, 0.5) is 10.1 Å². The Labute approximate surface area is 143 Å². The number of hydrogen-bond donors (Lipinski definition) is 2. The molecular weight excluding hydrogens is 307 g/mol. The van der Waals surface area contributed by atoms with Gasteiger partial charge in [0.05, 0.1) is 6.04 Å². The molecule has 0 aliphatic heterocycles. The first-order valence-electron chi connectivity index (χ1n) is 7.69. The van der Waals surface area contributed by atoms with Gasteiger partial charge in [-0.15, -0.1) is 0 Å². The first kappa shape index (κ1) is 17.4. The molecule has 0 saturated heterocycles.